The zero-order valence-corrected chi connectivity index (χ0v) is 11.2. The predicted octanol–water partition coefficient (Wildman–Crippen LogP) is 3.14. The Labute approximate surface area is 123 Å². The first-order valence-corrected chi connectivity index (χ1v) is 6.08. The minimum atomic E-state index is -1.20. The number of phenolic OH excluding ortho intramolecular Hbond substituents is 1. The lowest BCUT2D eigenvalue weighted by Crippen LogP contribution is -2.12. The highest BCUT2D eigenvalue weighted by molar-refractivity contribution is 6.31. The van der Waals surface area contributed by atoms with Crippen molar-refractivity contribution in [2.45, 2.75) is 0 Å². The van der Waals surface area contributed by atoms with Crippen LogP contribution in [0.5, 0.6) is 5.75 Å². The number of amides is 1. The average molecular weight is 310 g/mol. The number of carboxylic acids is 1. The van der Waals surface area contributed by atoms with Crippen LogP contribution in [0.25, 0.3) is 0 Å². The van der Waals surface area contributed by atoms with Crippen molar-refractivity contribution in [3.05, 3.63) is 58.4 Å². The lowest BCUT2D eigenvalue weighted by molar-refractivity contribution is 0.0696. The molecule has 108 valence electrons. The van der Waals surface area contributed by atoms with Crippen molar-refractivity contribution in [1.82, 2.24) is 0 Å². The van der Waals surface area contributed by atoms with Crippen LogP contribution < -0.4 is 5.32 Å². The molecule has 2 rings (SSSR count). The summed E-state index contributed by atoms with van der Waals surface area (Å²) >= 11 is 5.76. The van der Waals surface area contributed by atoms with Crippen LogP contribution >= 0.6 is 11.6 Å². The fourth-order valence-corrected chi connectivity index (χ4v) is 1.92. The Morgan fingerprint density at radius 1 is 1.14 bits per heavy atom. The van der Waals surface area contributed by atoms with Gasteiger partial charge in [-0.05, 0) is 30.3 Å². The number of halogens is 2. The van der Waals surface area contributed by atoms with Crippen LogP contribution in [0.4, 0.5) is 10.1 Å². The molecule has 0 aliphatic carbocycles. The van der Waals surface area contributed by atoms with Crippen LogP contribution in [0.3, 0.4) is 0 Å². The fourth-order valence-electron chi connectivity index (χ4n) is 1.68. The number of phenols is 1. The van der Waals surface area contributed by atoms with Crippen molar-refractivity contribution < 1.29 is 24.2 Å². The molecule has 0 unspecified atom stereocenters. The lowest BCUT2D eigenvalue weighted by atomic mass is 10.1. The van der Waals surface area contributed by atoms with E-state index < -0.39 is 23.4 Å². The molecule has 3 N–H and O–H groups in total. The Hall–Kier alpha value is -2.60. The van der Waals surface area contributed by atoms with E-state index in [9.17, 15) is 19.1 Å². The van der Waals surface area contributed by atoms with E-state index in [0.29, 0.717) is 0 Å². The van der Waals surface area contributed by atoms with Gasteiger partial charge in [0.05, 0.1) is 11.1 Å². The number of nitrogens with one attached hydrogen (secondary N) is 1. The molecular weight excluding hydrogens is 301 g/mol. The van der Waals surface area contributed by atoms with E-state index in [1.165, 1.54) is 18.2 Å². The van der Waals surface area contributed by atoms with Gasteiger partial charge in [0.15, 0.2) is 0 Å². The molecule has 0 fully saturated rings. The van der Waals surface area contributed by atoms with Crippen LogP contribution in [-0.2, 0) is 0 Å². The first-order valence-electron chi connectivity index (χ1n) is 5.70. The molecule has 0 bridgehead atoms. The van der Waals surface area contributed by atoms with Crippen molar-refractivity contribution in [3.63, 3.8) is 0 Å². The van der Waals surface area contributed by atoms with Gasteiger partial charge in [-0.15, -0.1) is 0 Å². The zero-order valence-electron chi connectivity index (χ0n) is 10.4. The second-order valence-corrected chi connectivity index (χ2v) is 4.59. The summed E-state index contributed by atoms with van der Waals surface area (Å²) < 4.78 is 12.9. The Balaban J connectivity index is 2.29. The molecular formula is C14H9ClFNO4. The van der Waals surface area contributed by atoms with E-state index in [4.69, 9.17) is 16.7 Å². The molecule has 0 aromatic heterocycles. The highest BCUT2D eigenvalue weighted by atomic mass is 35.5. The summed E-state index contributed by atoms with van der Waals surface area (Å²) in [5.41, 5.74) is -0.0944. The quantitative estimate of drug-likeness (QED) is 0.813. The molecule has 21 heavy (non-hydrogen) atoms. The maximum absolute atomic E-state index is 12.9. The van der Waals surface area contributed by atoms with Gasteiger partial charge in [0.2, 0.25) is 0 Å². The first-order chi connectivity index (χ1) is 9.86. The van der Waals surface area contributed by atoms with Crippen LogP contribution in [0.1, 0.15) is 20.7 Å². The molecule has 0 saturated heterocycles. The van der Waals surface area contributed by atoms with Gasteiger partial charge in [-0.1, -0.05) is 11.6 Å². The molecule has 5 nitrogen and oxygen atoms in total. The molecule has 0 radical (unpaired) electrons. The van der Waals surface area contributed by atoms with E-state index in [1.807, 2.05) is 0 Å². The Kier molecular flexibility index (Phi) is 4.09. The molecule has 0 heterocycles. The normalized spacial score (nSPS) is 10.2. The maximum Gasteiger partial charge on any atom is 0.335 e. The molecule has 1 amide bonds. The van der Waals surface area contributed by atoms with Crippen LogP contribution in [0.15, 0.2) is 36.4 Å². The van der Waals surface area contributed by atoms with Crippen molar-refractivity contribution in [2.75, 3.05) is 5.32 Å². The molecule has 0 aliphatic heterocycles. The number of anilines is 1. The maximum atomic E-state index is 12.9. The minimum absolute atomic E-state index is 0.0962. The number of aromatic hydroxyl groups is 1. The summed E-state index contributed by atoms with van der Waals surface area (Å²) in [6, 6.07) is 6.74. The second-order valence-electron chi connectivity index (χ2n) is 4.15. The fraction of sp³-hybridized carbons (Fsp3) is 0. The minimum Gasteiger partial charge on any atom is -0.507 e. The third kappa shape index (κ3) is 3.49. The summed E-state index contributed by atoms with van der Waals surface area (Å²) in [6.07, 6.45) is 0. The van der Waals surface area contributed by atoms with Crippen molar-refractivity contribution in [1.29, 1.82) is 0 Å². The first kappa shape index (κ1) is 14.8. The van der Waals surface area contributed by atoms with Gasteiger partial charge in [-0.25, -0.2) is 9.18 Å². The van der Waals surface area contributed by atoms with Crippen LogP contribution in [0.2, 0.25) is 5.02 Å². The van der Waals surface area contributed by atoms with Gasteiger partial charge in [0.25, 0.3) is 5.91 Å². The SMILES string of the molecule is O=C(O)c1cc(Cl)cc(NC(=O)c2ccc(F)cc2O)c1. The highest BCUT2D eigenvalue weighted by Crippen LogP contribution is 2.22. The number of benzene rings is 2. The Morgan fingerprint density at radius 2 is 1.86 bits per heavy atom. The number of carbonyl (C=O) groups excluding carboxylic acids is 1. The van der Waals surface area contributed by atoms with E-state index in [0.717, 1.165) is 18.2 Å². The summed E-state index contributed by atoms with van der Waals surface area (Å²) in [4.78, 5) is 22.9. The van der Waals surface area contributed by atoms with Gasteiger partial charge in [0, 0.05) is 16.8 Å². The van der Waals surface area contributed by atoms with Gasteiger partial charge in [-0.3, -0.25) is 4.79 Å². The van der Waals surface area contributed by atoms with Gasteiger partial charge >= 0.3 is 5.97 Å². The lowest BCUT2D eigenvalue weighted by Gasteiger charge is -2.08. The molecule has 0 spiro atoms. The number of rotatable bonds is 3. The standard InChI is InChI=1S/C14H9ClFNO4/c15-8-3-7(14(20)21)4-10(5-8)17-13(19)11-2-1-9(16)6-12(11)18/h1-6,18H,(H,17,19)(H,20,21). The van der Waals surface area contributed by atoms with E-state index in [2.05, 4.69) is 5.32 Å². The van der Waals surface area contributed by atoms with E-state index in [1.54, 1.807) is 0 Å². The molecule has 0 atom stereocenters. The van der Waals surface area contributed by atoms with E-state index >= 15 is 0 Å². The second kappa shape index (κ2) is 5.80. The molecule has 7 heteroatoms. The number of carboxylic acid groups (broad SMARTS) is 1. The number of aromatic carboxylic acids is 1. The van der Waals surface area contributed by atoms with Gasteiger partial charge in [0.1, 0.15) is 11.6 Å². The van der Waals surface area contributed by atoms with Crippen molar-refractivity contribution >= 4 is 29.2 Å². The topological polar surface area (TPSA) is 86.6 Å². The Morgan fingerprint density at radius 3 is 2.48 bits per heavy atom. The van der Waals surface area contributed by atoms with Crippen molar-refractivity contribution in [2.24, 2.45) is 0 Å². The number of hydrogen-bond donors (Lipinski definition) is 3. The summed E-state index contributed by atoms with van der Waals surface area (Å²) in [7, 11) is 0. The summed E-state index contributed by atoms with van der Waals surface area (Å²) in [5.74, 6) is -3.11. The number of carbonyl (C=O) groups is 2. The van der Waals surface area contributed by atoms with Crippen LogP contribution in [-0.4, -0.2) is 22.1 Å². The highest BCUT2D eigenvalue weighted by Gasteiger charge is 2.14. The monoisotopic (exact) mass is 309 g/mol. The van der Waals surface area contributed by atoms with E-state index in [-0.39, 0.29) is 21.8 Å². The summed E-state index contributed by atoms with van der Waals surface area (Å²) in [6.45, 7) is 0. The zero-order chi connectivity index (χ0) is 15.6. The van der Waals surface area contributed by atoms with Crippen molar-refractivity contribution in [3.8, 4) is 5.75 Å². The molecule has 0 saturated carbocycles. The molecule has 2 aromatic rings. The smallest absolute Gasteiger partial charge is 0.335 e. The van der Waals surface area contributed by atoms with Crippen LogP contribution in [0, 0.1) is 5.82 Å². The molecule has 0 aliphatic rings. The van der Waals surface area contributed by atoms with Gasteiger partial charge < -0.3 is 15.5 Å². The summed E-state index contributed by atoms with van der Waals surface area (Å²) in [5, 5.41) is 20.9. The molecule has 2 aromatic carbocycles. The third-order valence-electron chi connectivity index (χ3n) is 2.61. The van der Waals surface area contributed by atoms with Gasteiger partial charge in [-0.2, -0.15) is 0 Å². The largest absolute Gasteiger partial charge is 0.507 e. The predicted molar refractivity (Wildman–Crippen MR) is 74.4 cm³/mol. The third-order valence-corrected chi connectivity index (χ3v) is 2.83. The Bertz CT molecular complexity index is 733. The number of hydrogen-bond acceptors (Lipinski definition) is 3. The average Bonchev–Trinajstić information content (AvgIpc) is 2.37.